The van der Waals surface area contributed by atoms with Crippen molar-refractivity contribution in [1.29, 1.82) is 0 Å². The van der Waals surface area contributed by atoms with Gasteiger partial charge in [-0.2, -0.15) is 0 Å². The van der Waals surface area contributed by atoms with Crippen LogP contribution in [0.5, 0.6) is 0 Å². The number of hydrogen-bond donors (Lipinski definition) is 1. The number of carbonyl (C=O) groups excluding carboxylic acids is 1. The highest BCUT2D eigenvalue weighted by Gasteiger charge is 2.27. The zero-order chi connectivity index (χ0) is 19.5. The van der Waals surface area contributed by atoms with Crippen molar-refractivity contribution in [2.45, 2.75) is 32.6 Å². The van der Waals surface area contributed by atoms with Gasteiger partial charge in [0.1, 0.15) is 0 Å². The van der Waals surface area contributed by atoms with Gasteiger partial charge in [-0.3, -0.25) is 4.79 Å². The smallest absolute Gasteiger partial charge is 0.318 e. The predicted octanol–water partition coefficient (Wildman–Crippen LogP) is 2.98. The molecule has 1 aliphatic rings. The summed E-state index contributed by atoms with van der Waals surface area (Å²) in [6.45, 7) is 4.61. The zero-order valence-electron chi connectivity index (χ0n) is 15.9. The second-order valence-corrected chi connectivity index (χ2v) is 7.14. The van der Waals surface area contributed by atoms with Crippen molar-refractivity contribution in [2.75, 3.05) is 6.54 Å². The second kappa shape index (κ2) is 7.76. The van der Waals surface area contributed by atoms with Crippen molar-refractivity contribution in [1.82, 2.24) is 19.4 Å². The molecule has 1 aromatic carbocycles. The van der Waals surface area contributed by atoms with Crippen LogP contribution in [0, 0.1) is 0 Å². The molecular weight excluding hydrogens is 352 g/mol. The number of rotatable bonds is 4. The van der Waals surface area contributed by atoms with Crippen LogP contribution in [0.3, 0.4) is 0 Å². The van der Waals surface area contributed by atoms with Crippen molar-refractivity contribution in [3.8, 4) is 0 Å². The Morgan fingerprint density at radius 3 is 2.57 bits per heavy atom. The Labute approximate surface area is 164 Å². The lowest BCUT2D eigenvalue weighted by molar-refractivity contribution is 0.162. The molecule has 0 radical (unpaired) electrons. The number of carbonyl (C=O) groups is 1. The molecule has 1 atom stereocenters. The number of urea groups is 1. The molecule has 6 heteroatoms. The van der Waals surface area contributed by atoms with E-state index >= 15 is 0 Å². The minimum absolute atomic E-state index is 0.0133. The summed E-state index contributed by atoms with van der Waals surface area (Å²) in [6, 6.07) is 17.3. The number of benzene rings is 1. The van der Waals surface area contributed by atoms with E-state index in [1.54, 1.807) is 22.9 Å². The van der Waals surface area contributed by atoms with Crippen LogP contribution in [-0.4, -0.2) is 26.6 Å². The molecule has 0 spiro atoms. The average Bonchev–Trinajstić information content (AvgIpc) is 3.19. The lowest BCUT2D eigenvalue weighted by Crippen LogP contribution is -2.45. The molecule has 0 unspecified atom stereocenters. The summed E-state index contributed by atoms with van der Waals surface area (Å²) in [5.41, 5.74) is 3.24. The Bertz CT molecular complexity index is 1020. The minimum Gasteiger partial charge on any atom is -0.348 e. The Morgan fingerprint density at radius 2 is 1.79 bits per heavy atom. The topological polar surface area (TPSA) is 59.3 Å². The SMILES string of the molecule is C[C@H]1c2cccn2CCN1C(=O)NCc1ccc(Cn2ccccc2=O)cc1. The quantitative estimate of drug-likeness (QED) is 0.761. The van der Waals surface area contributed by atoms with Crippen molar-refractivity contribution in [3.05, 3.63) is 94.2 Å². The van der Waals surface area contributed by atoms with E-state index in [0.717, 1.165) is 17.7 Å². The van der Waals surface area contributed by atoms with Gasteiger partial charge < -0.3 is 19.4 Å². The van der Waals surface area contributed by atoms with E-state index < -0.39 is 0 Å². The Balaban J connectivity index is 1.34. The molecule has 0 saturated carbocycles. The summed E-state index contributed by atoms with van der Waals surface area (Å²) < 4.78 is 3.87. The van der Waals surface area contributed by atoms with Gasteiger partial charge in [0.2, 0.25) is 0 Å². The summed E-state index contributed by atoms with van der Waals surface area (Å²) >= 11 is 0. The molecule has 3 aromatic rings. The molecule has 6 nitrogen and oxygen atoms in total. The van der Waals surface area contributed by atoms with Crippen LogP contribution in [0.25, 0.3) is 0 Å². The van der Waals surface area contributed by atoms with Crippen molar-refractivity contribution >= 4 is 6.03 Å². The molecule has 0 aliphatic carbocycles. The van der Waals surface area contributed by atoms with Crippen LogP contribution in [-0.2, 0) is 19.6 Å². The third-order valence-corrected chi connectivity index (χ3v) is 5.32. The van der Waals surface area contributed by atoms with Gasteiger partial charge in [0, 0.05) is 43.8 Å². The van der Waals surface area contributed by atoms with Crippen molar-refractivity contribution < 1.29 is 4.79 Å². The van der Waals surface area contributed by atoms with Crippen molar-refractivity contribution in [2.24, 2.45) is 0 Å². The highest BCUT2D eigenvalue weighted by atomic mass is 16.2. The molecular formula is C22H24N4O2. The first-order chi connectivity index (χ1) is 13.6. The van der Waals surface area contributed by atoms with E-state index in [1.807, 2.05) is 41.3 Å². The maximum Gasteiger partial charge on any atom is 0.318 e. The lowest BCUT2D eigenvalue weighted by Gasteiger charge is -2.34. The van der Waals surface area contributed by atoms with E-state index in [4.69, 9.17) is 0 Å². The molecule has 0 saturated heterocycles. The van der Waals surface area contributed by atoms with E-state index in [0.29, 0.717) is 19.6 Å². The number of amides is 2. The van der Waals surface area contributed by atoms with Crippen LogP contribution in [0.15, 0.2) is 71.8 Å². The summed E-state index contributed by atoms with van der Waals surface area (Å²) in [6.07, 6.45) is 3.85. The first-order valence-electron chi connectivity index (χ1n) is 9.54. The molecule has 2 aromatic heterocycles. The number of fused-ring (bicyclic) bond motifs is 1. The first-order valence-corrected chi connectivity index (χ1v) is 9.54. The number of nitrogens with one attached hydrogen (secondary N) is 1. The fraction of sp³-hybridized carbons (Fsp3) is 0.273. The molecule has 0 bridgehead atoms. The Hall–Kier alpha value is -3.28. The van der Waals surface area contributed by atoms with Crippen LogP contribution in [0.4, 0.5) is 4.79 Å². The van der Waals surface area contributed by atoms with E-state index in [2.05, 4.69) is 29.1 Å². The Morgan fingerprint density at radius 1 is 1.00 bits per heavy atom. The number of hydrogen-bond acceptors (Lipinski definition) is 2. The molecule has 1 aliphatic heterocycles. The first kappa shape index (κ1) is 18.1. The highest BCUT2D eigenvalue weighted by molar-refractivity contribution is 5.74. The monoisotopic (exact) mass is 376 g/mol. The molecule has 4 rings (SSSR count). The molecule has 28 heavy (non-hydrogen) atoms. The van der Waals surface area contributed by atoms with Gasteiger partial charge in [0.15, 0.2) is 0 Å². The summed E-state index contributed by atoms with van der Waals surface area (Å²) in [4.78, 5) is 26.3. The Kier molecular flexibility index (Phi) is 5.02. The van der Waals surface area contributed by atoms with Crippen LogP contribution in [0.1, 0.15) is 29.8 Å². The van der Waals surface area contributed by atoms with Gasteiger partial charge in [-0.15, -0.1) is 0 Å². The molecule has 144 valence electrons. The maximum absolute atomic E-state index is 12.6. The molecule has 3 heterocycles. The summed E-state index contributed by atoms with van der Waals surface area (Å²) in [5, 5.41) is 3.02. The van der Waals surface area contributed by atoms with E-state index in [9.17, 15) is 9.59 Å². The largest absolute Gasteiger partial charge is 0.348 e. The van der Waals surface area contributed by atoms with Gasteiger partial charge in [0.05, 0.1) is 12.6 Å². The third-order valence-electron chi connectivity index (χ3n) is 5.32. The molecule has 1 N–H and O–H groups in total. The normalized spacial score (nSPS) is 15.9. The van der Waals surface area contributed by atoms with Gasteiger partial charge in [-0.25, -0.2) is 4.79 Å². The fourth-order valence-electron chi connectivity index (χ4n) is 3.69. The third kappa shape index (κ3) is 3.71. The molecule has 2 amide bonds. The highest BCUT2D eigenvalue weighted by Crippen LogP contribution is 2.25. The van der Waals surface area contributed by atoms with Crippen molar-refractivity contribution in [3.63, 3.8) is 0 Å². The average molecular weight is 376 g/mol. The number of pyridine rings is 1. The van der Waals surface area contributed by atoms with Gasteiger partial charge in [0.25, 0.3) is 5.56 Å². The number of aromatic nitrogens is 2. The summed E-state index contributed by atoms with van der Waals surface area (Å²) in [7, 11) is 0. The second-order valence-electron chi connectivity index (χ2n) is 7.14. The number of nitrogens with zero attached hydrogens (tertiary/aromatic N) is 3. The lowest BCUT2D eigenvalue weighted by atomic mass is 10.1. The fourth-order valence-corrected chi connectivity index (χ4v) is 3.69. The van der Waals surface area contributed by atoms with E-state index in [1.165, 1.54) is 5.69 Å². The van der Waals surface area contributed by atoms with Crippen LogP contribution < -0.4 is 10.9 Å². The predicted molar refractivity (Wildman–Crippen MR) is 108 cm³/mol. The van der Waals surface area contributed by atoms with Crippen LogP contribution >= 0.6 is 0 Å². The van der Waals surface area contributed by atoms with E-state index in [-0.39, 0.29) is 17.6 Å². The van der Waals surface area contributed by atoms with Gasteiger partial charge in [-0.1, -0.05) is 30.3 Å². The van der Waals surface area contributed by atoms with Gasteiger partial charge >= 0.3 is 6.03 Å². The van der Waals surface area contributed by atoms with Gasteiger partial charge in [-0.05, 0) is 36.2 Å². The standard InChI is InChI=1S/C22H24N4O2/c1-17-20-5-4-12-24(20)13-14-26(17)22(28)23-15-18-7-9-19(10-8-18)16-25-11-3-2-6-21(25)27/h2-12,17H,13-16H2,1H3,(H,23,28)/t17-/m0/s1. The van der Waals surface area contributed by atoms with Crippen LogP contribution in [0.2, 0.25) is 0 Å². The zero-order valence-corrected chi connectivity index (χ0v) is 15.9. The minimum atomic E-state index is -0.0418. The molecule has 0 fully saturated rings. The maximum atomic E-state index is 12.6. The summed E-state index contributed by atoms with van der Waals surface area (Å²) in [5.74, 6) is 0.